The van der Waals surface area contributed by atoms with E-state index < -0.39 is 5.25 Å². The molecule has 0 radical (unpaired) electrons. The molecule has 4 aromatic rings. The molecule has 0 bridgehead atoms. The number of aromatic amines is 1. The molecule has 0 saturated carbocycles. The first kappa shape index (κ1) is 22.8. The van der Waals surface area contributed by atoms with E-state index in [-0.39, 0.29) is 11.6 Å². The van der Waals surface area contributed by atoms with Gasteiger partial charge in [-0.3, -0.25) is 14.2 Å². The molecule has 0 fully saturated rings. The molecule has 33 heavy (non-hydrogen) atoms. The van der Waals surface area contributed by atoms with E-state index in [0.717, 1.165) is 16.9 Å². The second-order valence-electron chi connectivity index (χ2n) is 8.07. The predicted molar refractivity (Wildman–Crippen MR) is 128 cm³/mol. The van der Waals surface area contributed by atoms with Crippen molar-refractivity contribution in [3.8, 4) is 11.4 Å². The molecular formula is C25H26N4O3S. The Morgan fingerprint density at radius 2 is 1.85 bits per heavy atom. The number of thioether (sulfide) groups is 1. The van der Waals surface area contributed by atoms with Crippen LogP contribution in [-0.2, 0) is 6.54 Å². The number of carbonyl (C=O) groups is 2. The van der Waals surface area contributed by atoms with Gasteiger partial charge in [0.1, 0.15) is 5.76 Å². The Hall–Kier alpha value is -3.39. The van der Waals surface area contributed by atoms with Gasteiger partial charge in [0.05, 0.1) is 29.3 Å². The van der Waals surface area contributed by atoms with E-state index in [2.05, 4.69) is 15.2 Å². The van der Waals surface area contributed by atoms with Crippen molar-refractivity contribution in [2.75, 3.05) is 0 Å². The van der Waals surface area contributed by atoms with Crippen molar-refractivity contribution >= 4 is 23.3 Å². The second kappa shape index (κ2) is 9.23. The molecule has 0 spiro atoms. The highest BCUT2D eigenvalue weighted by Crippen LogP contribution is 2.31. The standard InChI is InChI=1S/C25H26N4O3S/c1-14-21(16(3)30)15(2)26-22(14)23(31)18(5)33-25-28-27-24(20-11-12-32-17(20)4)29(25)13-19-9-7-6-8-10-19/h6-12,18,26H,13H2,1-5H3/t18-/m0/s1. The van der Waals surface area contributed by atoms with Gasteiger partial charge >= 0.3 is 0 Å². The van der Waals surface area contributed by atoms with Crippen molar-refractivity contribution in [1.82, 2.24) is 19.7 Å². The number of rotatable bonds is 8. The van der Waals surface area contributed by atoms with E-state index in [1.807, 2.05) is 68.7 Å². The number of ketones is 2. The highest BCUT2D eigenvalue weighted by molar-refractivity contribution is 8.00. The number of Topliss-reactive ketones (excluding diaryl/α,β-unsaturated/α-hetero) is 2. The third kappa shape index (κ3) is 4.43. The number of H-pyrrole nitrogens is 1. The van der Waals surface area contributed by atoms with Crippen molar-refractivity contribution in [1.29, 1.82) is 0 Å². The molecule has 170 valence electrons. The highest BCUT2D eigenvalue weighted by atomic mass is 32.2. The van der Waals surface area contributed by atoms with Crippen LogP contribution in [0.3, 0.4) is 0 Å². The zero-order valence-corrected chi connectivity index (χ0v) is 20.1. The van der Waals surface area contributed by atoms with Crippen LogP contribution in [0.25, 0.3) is 11.4 Å². The molecule has 1 N–H and O–H groups in total. The quantitative estimate of drug-likeness (QED) is 0.278. The van der Waals surface area contributed by atoms with Crippen molar-refractivity contribution in [3.05, 3.63) is 76.5 Å². The number of aryl methyl sites for hydroxylation is 2. The lowest BCUT2D eigenvalue weighted by atomic mass is 10.0. The number of furan rings is 1. The summed E-state index contributed by atoms with van der Waals surface area (Å²) in [5.74, 6) is 1.32. The molecule has 0 aliphatic carbocycles. The van der Waals surface area contributed by atoms with E-state index in [4.69, 9.17) is 4.42 Å². The van der Waals surface area contributed by atoms with Gasteiger partial charge in [-0.2, -0.15) is 0 Å². The molecule has 1 atom stereocenters. The molecule has 0 saturated heterocycles. The molecule has 0 unspecified atom stereocenters. The van der Waals surface area contributed by atoms with Crippen LogP contribution in [0.5, 0.6) is 0 Å². The number of hydrogen-bond donors (Lipinski definition) is 1. The summed E-state index contributed by atoms with van der Waals surface area (Å²) in [6.45, 7) is 9.43. The van der Waals surface area contributed by atoms with Crippen LogP contribution in [0.1, 0.15) is 57.3 Å². The minimum absolute atomic E-state index is 0.0525. The van der Waals surface area contributed by atoms with E-state index in [1.54, 1.807) is 6.26 Å². The van der Waals surface area contributed by atoms with E-state index in [9.17, 15) is 9.59 Å². The Bertz CT molecular complexity index is 1320. The normalized spacial score (nSPS) is 12.2. The number of benzene rings is 1. The molecule has 8 heteroatoms. The van der Waals surface area contributed by atoms with Crippen LogP contribution < -0.4 is 0 Å². The average Bonchev–Trinajstić information content (AvgIpc) is 3.45. The first-order valence-corrected chi connectivity index (χ1v) is 11.6. The molecule has 3 aromatic heterocycles. The number of aromatic nitrogens is 4. The molecule has 4 rings (SSSR count). The first-order valence-electron chi connectivity index (χ1n) is 10.7. The number of nitrogens with one attached hydrogen (secondary N) is 1. The monoisotopic (exact) mass is 462 g/mol. The van der Waals surface area contributed by atoms with Gasteiger partial charge in [-0.05, 0) is 51.8 Å². The van der Waals surface area contributed by atoms with Gasteiger partial charge in [0, 0.05) is 11.3 Å². The highest BCUT2D eigenvalue weighted by Gasteiger charge is 2.27. The minimum Gasteiger partial charge on any atom is -0.469 e. The second-order valence-corrected chi connectivity index (χ2v) is 9.38. The van der Waals surface area contributed by atoms with Crippen molar-refractivity contribution in [2.45, 2.75) is 51.6 Å². The molecule has 0 amide bonds. The summed E-state index contributed by atoms with van der Waals surface area (Å²) in [5, 5.41) is 9.05. The summed E-state index contributed by atoms with van der Waals surface area (Å²) in [4.78, 5) is 28.4. The zero-order chi connectivity index (χ0) is 23.7. The van der Waals surface area contributed by atoms with Crippen LogP contribution in [0.2, 0.25) is 0 Å². The number of nitrogens with zero attached hydrogens (tertiary/aromatic N) is 3. The Balaban J connectivity index is 1.67. The Morgan fingerprint density at radius 1 is 1.12 bits per heavy atom. The van der Waals surface area contributed by atoms with Gasteiger partial charge in [-0.1, -0.05) is 42.1 Å². The SMILES string of the molecule is CC(=O)c1c(C)[nH]c(C(=O)[C@H](C)Sc2nnc(-c3ccoc3C)n2Cc2ccccc2)c1C. The third-order valence-corrected chi connectivity index (χ3v) is 6.77. The molecule has 0 aliphatic heterocycles. The summed E-state index contributed by atoms with van der Waals surface area (Å²) in [6.07, 6.45) is 1.63. The largest absolute Gasteiger partial charge is 0.469 e. The Morgan fingerprint density at radius 3 is 2.45 bits per heavy atom. The summed E-state index contributed by atoms with van der Waals surface area (Å²) in [6, 6.07) is 11.9. The molecule has 3 heterocycles. The topological polar surface area (TPSA) is 93.8 Å². The van der Waals surface area contributed by atoms with Crippen LogP contribution in [0, 0.1) is 20.8 Å². The lowest BCUT2D eigenvalue weighted by Gasteiger charge is -2.13. The lowest BCUT2D eigenvalue weighted by molar-refractivity contribution is 0.0988. The van der Waals surface area contributed by atoms with Gasteiger partial charge in [0.15, 0.2) is 22.5 Å². The Labute approximate surface area is 196 Å². The summed E-state index contributed by atoms with van der Waals surface area (Å²) in [7, 11) is 0. The predicted octanol–water partition coefficient (Wildman–Crippen LogP) is 5.41. The average molecular weight is 463 g/mol. The Kier molecular flexibility index (Phi) is 6.37. The first-order chi connectivity index (χ1) is 15.8. The maximum atomic E-state index is 13.3. The molecule has 0 aliphatic rings. The summed E-state index contributed by atoms with van der Waals surface area (Å²) < 4.78 is 7.49. The van der Waals surface area contributed by atoms with Gasteiger partial charge < -0.3 is 9.40 Å². The van der Waals surface area contributed by atoms with Crippen molar-refractivity contribution < 1.29 is 14.0 Å². The summed E-state index contributed by atoms with van der Waals surface area (Å²) in [5.41, 5.74) is 4.43. The fraction of sp³-hybridized carbons (Fsp3) is 0.280. The fourth-order valence-corrected chi connectivity index (χ4v) is 4.95. The maximum absolute atomic E-state index is 13.3. The molecule has 1 aromatic carbocycles. The van der Waals surface area contributed by atoms with Gasteiger partial charge in [0.25, 0.3) is 0 Å². The summed E-state index contributed by atoms with van der Waals surface area (Å²) >= 11 is 1.35. The van der Waals surface area contributed by atoms with Crippen LogP contribution in [0.4, 0.5) is 0 Å². The molecule has 7 nitrogen and oxygen atoms in total. The van der Waals surface area contributed by atoms with Crippen molar-refractivity contribution in [3.63, 3.8) is 0 Å². The fourth-order valence-electron chi connectivity index (χ4n) is 4.04. The third-order valence-electron chi connectivity index (χ3n) is 5.69. The number of carbonyl (C=O) groups excluding carboxylic acids is 2. The number of hydrogen-bond acceptors (Lipinski definition) is 6. The lowest BCUT2D eigenvalue weighted by Crippen LogP contribution is -2.16. The van der Waals surface area contributed by atoms with E-state index >= 15 is 0 Å². The smallest absolute Gasteiger partial charge is 0.192 e. The van der Waals surface area contributed by atoms with Gasteiger partial charge in [-0.25, -0.2) is 0 Å². The van der Waals surface area contributed by atoms with E-state index in [0.29, 0.717) is 40.0 Å². The van der Waals surface area contributed by atoms with Crippen LogP contribution in [-0.4, -0.2) is 36.6 Å². The van der Waals surface area contributed by atoms with Crippen molar-refractivity contribution in [2.24, 2.45) is 0 Å². The maximum Gasteiger partial charge on any atom is 0.192 e. The van der Waals surface area contributed by atoms with Gasteiger partial charge in [-0.15, -0.1) is 10.2 Å². The van der Waals surface area contributed by atoms with Crippen LogP contribution >= 0.6 is 11.8 Å². The molecular weight excluding hydrogens is 436 g/mol. The van der Waals surface area contributed by atoms with Crippen LogP contribution in [0.15, 0.2) is 52.2 Å². The zero-order valence-electron chi connectivity index (χ0n) is 19.3. The minimum atomic E-state index is -0.432. The van der Waals surface area contributed by atoms with Gasteiger partial charge in [0.2, 0.25) is 0 Å². The van der Waals surface area contributed by atoms with E-state index in [1.165, 1.54) is 18.7 Å².